The minimum atomic E-state index is -4.45. The van der Waals surface area contributed by atoms with Crippen molar-refractivity contribution in [3.63, 3.8) is 0 Å². The molecule has 3 aliphatic carbocycles. The van der Waals surface area contributed by atoms with Crippen molar-refractivity contribution in [2.75, 3.05) is 14.1 Å². The summed E-state index contributed by atoms with van der Waals surface area (Å²) in [6.45, 7) is 3.89. The zero-order valence-corrected chi connectivity index (χ0v) is 25.8. The number of rotatable bonds is 4. The largest absolute Gasteiger partial charge is 0.508 e. The number of nitrogens with zero attached hydrogens (tertiary/aromatic N) is 1. The Bertz CT molecular complexity index is 1970. The monoisotopic (exact) mass is 694 g/mol. The van der Waals surface area contributed by atoms with Gasteiger partial charge in [0.25, 0.3) is 16.0 Å². The van der Waals surface area contributed by atoms with Crippen LogP contribution in [0.25, 0.3) is 11.3 Å². The number of aromatic hydroxyl groups is 2. The number of nitrogens with two attached hydrogens (primary N) is 1. The van der Waals surface area contributed by atoms with Gasteiger partial charge < -0.3 is 41.5 Å². The van der Waals surface area contributed by atoms with Crippen LogP contribution >= 0.6 is 11.6 Å². The summed E-state index contributed by atoms with van der Waals surface area (Å²) >= 11 is 6.25. The number of halogens is 1. The number of carboxylic acids is 1. The molecule has 5 atom stereocenters. The molecule has 250 valence electrons. The summed E-state index contributed by atoms with van der Waals surface area (Å²) in [6.07, 6.45) is -1.75. The van der Waals surface area contributed by atoms with E-state index in [0.717, 1.165) is 12.1 Å². The molecule has 1 saturated carbocycles. The molecule has 2 aromatic rings. The third-order valence-corrected chi connectivity index (χ3v) is 9.33. The Morgan fingerprint density at radius 3 is 2.11 bits per heavy atom. The van der Waals surface area contributed by atoms with Crippen LogP contribution in [0.15, 0.2) is 58.7 Å². The van der Waals surface area contributed by atoms with Gasteiger partial charge in [-0.15, -0.1) is 0 Å². The first-order valence-corrected chi connectivity index (χ1v) is 15.0. The highest BCUT2D eigenvalue weighted by atomic mass is 35.5. The first kappa shape index (κ1) is 35.1. The maximum absolute atomic E-state index is 13.7. The molecule has 0 aliphatic heterocycles. The smallest absolute Gasteiger partial charge is 0.339 e. The summed E-state index contributed by atoms with van der Waals surface area (Å²) < 4.78 is 29.8. The summed E-state index contributed by atoms with van der Waals surface area (Å²) in [5.74, 6) is -11.2. The molecule has 0 heterocycles. The van der Waals surface area contributed by atoms with E-state index >= 15 is 0 Å². The van der Waals surface area contributed by atoms with Crippen molar-refractivity contribution in [1.29, 1.82) is 0 Å². The second-order valence-electron chi connectivity index (χ2n) is 11.0. The van der Waals surface area contributed by atoms with Crippen LogP contribution in [0.2, 0.25) is 5.02 Å². The number of ketones is 2. The van der Waals surface area contributed by atoms with Crippen LogP contribution in [0.3, 0.4) is 0 Å². The number of primary amides is 1. The van der Waals surface area contributed by atoms with Crippen molar-refractivity contribution in [2.24, 2.45) is 17.6 Å². The number of aliphatic hydroxyl groups excluding tert-OH is 3. The highest BCUT2D eigenvalue weighted by Crippen LogP contribution is 2.56. The highest BCUT2D eigenvalue weighted by Gasteiger charge is 2.68. The summed E-state index contributed by atoms with van der Waals surface area (Å²) in [7, 11) is -1.61. The summed E-state index contributed by atoms with van der Waals surface area (Å²) in [4.78, 5) is 49.8. The van der Waals surface area contributed by atoms with Crippen LogP contribution in [0.4, 0.5) is 0 Å². The van der Waals surface area contributed by atoms with Gasteiger partial charge in [0, 0.05) is 16.5 Å². The number of likely N-dealkylation sites (N-methyl/N-ethyl adjacent to an activating group) is 1. The zero-order chi connectivity index (χ0) is 35.7. The molecular formula is C29H27ClN2O14S. The summed E-state index contributed by atoms with van der Waals surface area (Å²) in [5.41, 5.74) is 0.0510. The number of fused-ring (bicyclic) bond motifs is 3. The number of aliphatic hydroxyl groups is 4. The van der Waals surface area contributed by atoms with E-state index < -0.39 is 108 Å². The molecule has 5 rings (SSSR count). The van der Waals surface area contributed by atoms with Crippen molar-refractivity contribution in [3.05, 3.63) is 75.5 Å². The van der Waals surface area contributed by atoms with Gasteiger partial charge in [-0.25, -0.2) is 4.79 Å². The Labute approximate surface area is 270 Å². The van der Waals surface area contributed by atoms with Crippen LogP contribution in [0.1, 0.15) is 21.5 Å². The third-order valence-electron chi connectivity index (χ3n) is 8.17. The molecule has 2 aromatic carbocycles. The molecule has 1 amide bonds. The molecule has 47 heavy (non-hydrogen) atoms. The van der Waals surface area contributed by atoms with Crippen LogP contribution in [-0.4, -0.2) is 109 Å². The van der Waals surface area contributed by atoms with Gasteiger partial charge in [-0.2, -0.15) is 8.42 Å². The number of Topliss-reactive ketones (excluding diaryl/α,β-unsaturated/α-hetero) is 2. The van der Waals surface area contributed by atoms with E-state index in [1.54, 1.807) is 0 Å². The van der Waals surface area contributed by atoms with E-state index in [9.17, 15) is 53.1 Å². The Morgan fingerprint density at radius 2 is 1.60 bits per heavy atom. The topological polar surface area (TPSA) is 294 Å². The third kappa shape index (κ3) is 5.32. The molecule has 1 fully saturated rings. The number of hydrogen-bond acceptors (Lipinski definition) is 13. The Hall–Kier alpha value is -4.78. The van der Waals surface area contributed by atoms with Gasteiger partial charge in [-0.3, -0.25) is 23.8 Å². The lowest BCUT2D eigenvalue weighted by Gasteiger charge is -2.52. The van der Waals surface area contributed by atoms with Gasteiger partial charge in [0.05, 0.1) is 34.1 Å². The van der Waals surface area contributed by atoms with Crippen molar-refractivity contribution < 1.29 is 67.9 Å². The molecule has 1 unspecified atom stereocenters. The fourth-order valence-corrected chi connectivity index (χ4v) is 6.89. The van der Waals surface area contributed by atoms with E-state index in [-0.39, 0.29) is 21.7 Å². The van der Waals surface area contributed by atoms with Crippen LogP contribution in [-0.2, 0) is 24.5 Å². The molecule has 0 spiro atoms. The number of carbonyl (C=O) groups excluding carboxylic acids is 3. The standard InChI is InChI=1S/C22H21ClN2O8.C7H6O6S/c1-6-9-7(23)4-5-8(26)11(9)16(27)12-10(6)17(28)14-15(25(2)3)18(29)13(21(24)32)20(31)22(14,33)19(12)30;8-6-2-1-4(14(11,12)13)3-5(6)7(9)10/h4-5,10,14-15,17,26-28,31,33H,1H2,2-3H3,(H2,24,32);1-3,8H,(H,9,10)(H,11,12,13)/t10-,14?,15+,17+,22+;/m1./s1. The number of phenols is 2. The van der Waals surface area contributed by atoms with Gasteiger partial charge in [-0.1, -0.05) is 18.2 Å². The Balaban J connectivity index is 0.000000300. The lowest BCUT2D eigenvalue weighted by Crippen LogP contribution is -2.70. The fourth-order valence-electron chi connectivity index (χ4n) is 6.11. The molecule has 18 heteroatoms. The average molecular weight is 695 g/mol. The minimum absolute atomic E-state index is 0.0516. The predicted octanol–water partition coefficient (Wildman–Crippen LogP) is 0.396. The Morgan fingerprint density at radius 1 is 1.02 bits per heavy atom. The number of carboxylic acid groups (broad SMARTS) is 1. The first-order valence-electron chi connectivity index (χ1n) is 13.2. The lowest BCUT2D eigenvalue weighted by molar-refractivity contribution is -0.166. The molecule has 0 aromatic heterocycles. The molecule has 3 aliphatic rings. The van der Waals surface area contributed by atoms with Crippen molar-refractivity contribution >= 4 is 56.5 Å². The van der Waals surface area contributed by atoms with Crippen LogP contribution in [0, 0.1) is 11.8 Å². The van der Waals surface area contributed by atoms with Gasteiger partial charge in [0.2, 0.25) is 5.78 Å². The van der Waals surface area contributed by atoms with E-state index in [1.165, 1.54) is 31.1 Å². The fraction of sp³-hybridized carbons (Fsp3) is 0.241. The van der Waals surface area contributed by atoms with E-state index in [2.05, 4.69) is 6.58 Å². The second kappa shape index (κ2) is 11.8. The van der Waals surface area contributed by atoms with E-state index in [4.69, 9.17) is 32.1 Å². The van der Waals surface area contributed by atoms with Gasteiger partial charge in [0.15, 0.2) is 11.4 Å². The number of benzene rings is 2. The summed E-state index contributed by atoms with van der Waals surface area (Å²) in [6, 6.07) is 3.53. The van der Waals surface area contributed by atoms with E-state index in [0.29, 0.717) is 6.07 Å². The number of phenolic OH excluding ortho intramolecular Hbond substituents is 1. The Kier molecular flexibility index (Phi) is 8.80. The van der Waals surface area contributed by atoms with Crippen molar-refractivity contribution in [1.82, 2.24) is 4.90 Å². The number of aromatic carboxylic acids is 1. The molecule has 0 radical (unpaired) electrons. The molecule has 0 bridgehead atoms. The van der Waals surface area contributed by atoms with E-state index in [1.807, 2.05) is 0 Å². The van der Waals surface area contributed by atoms with Crippen molar-refractivity contribution in [3.8, 4) is 11.5 Å². The number of carbonyl (C=O) groups is 4. The lowest BCUT2D eigenvalue weighted by atomic mass is 9.55. The second-order valence-corrected chi connectivity index (χ2v) is 12.8. The van der Waals surface area contributed by atoms with Gasteiger partial charge in [-0.05, 0) is 50.0 Å². The van der Waals surface area contributed by atoms with Crippen LogP contribution in [0.5, 0.6) is 11.5 Å². The van der Waals surface area contributed by atoms with Gasteiger partial charge in [0.1, 0.15) is 34.2 Å². The number of amides is 1. The molecule has 10 N–H and O–H groups in total. The summed E-state index contributed by atoms with van der Waals surface area (Å²) in [5, 5.41) is 72.5. The first-order chi connectivity index (χ1) is 21.6. The maximum atomic E-state index is 13.7. The van der Waals surface area contributed by atoms with Crippen molar-refractivity contribution in [2.45, 2.75) is 22.6 Å². The highest BCUT2D eigenvalue weighted by molar-refractivity contribution is 7.85. The molecule has 0 saturated heterocycles. The van der Waals surface area contributed by atoms with Crippen LogP contribution < -0.4 is 5.73 Å². The normalized spacial score (nSPS) is 25.5. The average Bonchev–Trinajstić information content (AvgIpc) is 2.95. The zero-order valence-electron chi connectivity index (χ0n) is 24.2. The SMILES string of the molecule is C=C1c2c(Cl)ccc(O)c2C(O)=C2C(=O)[C@]3(O)C(O)=C(C(N)=O)C(=O)[C@@H](N(C)C)C3[C@@H](O)[C@H]12.O=C(O)c1cc(S(=O)(=O)O)ccc1O. The maximum Gasteiger partial charge on any atom is 0.339 e. The van der Waals surface area contributed by atoms with Gasteiger partial charge >= 0.3 is 5.97 Å². The predicted molar refractivity (Wildman–Crippen MR) is 161 cm³/mol. The quantitative estimate of drug-likeness (QED) is 0.155. The number of hydrogen-bond donors (Lipinski definition) is 9. The minimum Gasteiger partial charge on any atom is -0.508 e. The molecule has 16 nitrogen and oxygen atoms in total. The molecular weight excluding hydrogens is 668 g/mol.